The van der Waals surface area contributed by atoms with Crippen molar-refractivity contribution in [3.63, 3.8) is 0 Å². The zero-order valence-electron chi connectivity index (χ0n) is 21.0. The number of carbonyl (C=O) groups excluding carboxylic acids is 1. The molecule has 3 N–H and O–H groups in total. The lowest BCUT2D eigenvalue weighted by Crippen LogP contribution is -2.47. The summed E-state index contributed by atoms with van der Waals surface area (Å²) in [6.45, 7) is 8.42. The summed E-state index contributed by atoms with van der Waals surface area (Å²) in [5.74, 6) is 1.05. The molecule has 0 aliphatic carbocycles. The molecule has 0 unspecified atom stereocenters. The fraction of sp³-hybridized carbons (Fsp3) is 0.464. The minimum Gasteiger partial charge on any atom is -0.384 e. The Morgan fingerprint density at radius 2 is 1.71 bits per heavy atom. The van der Waals surface area contributed by atoms with Crippen molar-refractivity contribution in [3.05, 3.63) is 60.4 Å². The molecule has 35 heavy (non-hydrogen) atoms. The number of benzene rings is 1. The topological polar surface area (TPSA) is 87.4 Å². The largest absolute Gasteiger partial charge is 0.384 e. The van der Waals surface area contributed by atoms with Gasteiger partial charge in [-0.25, -0.2) is 4.98 Å². The van der Waals surface area contributed by atoms with E-state index in [0.717, 1.165) is 75.0 Å². The molecule has 2 aromatic heterocycles. The van der Waals surface area contributed by atoms with Crippen LogP contribution in [0.15, 0.2) is 54.9 Å². The van der Waals surface area contributed by atoms with Gasteiger partial charge in [-0.05, 0) is 68.6 Å². The third-order valence-electron chi connectivity index (χ3n) is 6.99. The molecule has 4 heterocycles. The second kappa shape index (κ2) is 12.0. The molecule has 0 spiro atoms. The average molecular weight is 475 g/mol. The molecule has 2 saturated heterocycles. The van der Waals surface area contributed by atoms with Crippen molar-refractivity contribution in [2.45, 2.75) is 52.1 Å². The lowest BCUT2D eigenvalue weighted by Gasteiger charge is -2.37. The molecule has 7 heteroatoms. The Morgan fingerprint density at radius 3 is 2.46 bits per heavy atom. The molecule has 0 saturated carbocycles. The lowest BCUT2D eigenvalue weighted by atomic mass is 9.93. The number of amides is 1. The molecule has 0 bridgehead atoms. The minimum absolute atomic E-state index is 0.149. The van der Waals surface area contributed by atoms with E-state index in [1.165, 1.54) is 5.56 Å². The van der Waals surface area contributed by atoms with E-state index < -0.39 is 0 Å². The minimum atomic E-state index is 0.149. The highest BCUT2D eigenvalue weighted by Crippen LogP contribution is 2.26. The second-order valence-corrected chi connectivity index (χ2v) is 9.26. The number of anilines is 2. The Morgan fingerprint density at radius 1 is 0.971 bits per heavy atom. The number of hydrogen-bond acceptors (Lipinski definition) is 6. The molecule has 2 fully saturated rings. The Balaban J connectivity index is 0.00000141. The van der Waals surface area contributed by atoms with Gasteiger partial charge in [0.05, 0.1) is 11.2 Å². The van der Waals surface area contributed by atoms with Crippen LogP contribution in [-0.4, -0.2) is 57.9 Å². The maximum atomic E-state index is 13.2. The van der Waals surface area contributed by atoms with Gasteiger partial charge >= 0.3 is 0 Å². The number of nitrogen functional groups attached to an aromatic ring is 1. The summed E-state index contributed by atoms with van der Waals surface area (Å²) >= 11 is 0. The van der Waals surface area contributed by atoms with E-state index in [9.17, 15) is 4.79 Å². The van der Waals surface area contributed by atoms with Crippen LogP contribution in [0.4, 0.5) is 11.5 Å². The maximum absolute atomic E-state index is 13.2. The summed E-state index contributed by atoms with van der Waals surface area (Å²) < 4.78 is 0. The summed E-state index contributed by atoms with van der Waals surface area (Å²) in [7, 11) is 0. The number of fused-ring (bicyclic) bond motifs is 1. The van der Waals surface area contributed by atoms with Gasteiger partial charge in [-0.3, -0.25) is 14.7 Å². The number of carbonyl (C=O) groups is 1. The van der Waals surface area contributed by atoms with Crippen molar-refractivity contribution < 1.29 is 4.79 Å². The third-order valence-corrected chi connectivity index (χ3v) is 6.99. The van der Waals surface area contributed by atoms with E-state index in [1.54, 1.807) is 6.20 Å². The van der Waals surface area contributed by atoms with Crippen LogP contribution in [0.25, 0.3) is 10.9 Å². The molecule has 2 aliphatic heterocycles. The van der Waals surface area contributed by atoms with Gasteiger partial charge in [-0.1, -0.05) is 32.0 Å². The van der Waals surface area contributed by atoms with Gasteiger partial charge in [0.1, 0.15) is 5.82 Å². The van der Waals surface area contributed by atoms with Crippen molar-refractivity contribution in [1.29, 1.82) is 0 Å². The normalized spacial score (nSPS) is 17.6. The summed E-state index contributed by atoms with van der Waals surface area (Å²) in [5.41, 5.74) is 9.08. The van der Waals surface area contributed by atoms with Crippen molar-refractivity contribution in [1.82, 2.24) is 19.8 Å². The zero-order chi connectivity index (χ0) is 24.6. The predicted molar refractivity (Wildman–Crippen MR) is 143 cm³/mol. The van der Waals surface area contributed by atoms with Gasteiger partial charge in [0.25, 0.3) is 0 Å². The third kappa shape index (κ3) is 6.28. The summed E-state index contributed by atoms with van der Waals surface area (Å²) in [4.78, 5) is 26.3. The average Bonchev–Trinajstić information content (AvgIpc) is 2.91. The van der Waals surface area contributed by atoms with E-state index >= 15 is 0 Å². The highest BCUT2D eigenvalue weighted by Gasteiger charge is 2.31. The molecule has 5 rings (SSSR count). The van der Waals surface area contributed by atoms with Gasteiger partial charge in [0.2, 0.25) is 5.91 Å². The monoisotopic (exact) mass is 474 g/mol. The van der Waals surface area contributed by atoms with Crippen molar-refractivity contribution in [2.24, 2.45) is 5.92 Å². The first-order chi connectivity index (χ1) is 17.2. The first-order valence-electron chi connectivity index (χ1n) is 13.0. The molecule has 0 radical (unpaired) electrons. The fourth-order valence-electron chi connectivity index (χ4n) is 5.13. The first kappa shape index (κ1) is 24.9. The maximum Gasteiger partial charge on any atom is 0.225 e. The number of rotatable bonds is 5. The van der Waals surface area contributed by atoms with E-state index in [1.807, 2.05) is 38.2 Å². The Kier molecular flexibility index (Phi) is 8.53. The quantitative estimate of drug-likeness (QED) is 0.564. The van der Waals surface area contributed by atoms with E-state index in [2.05, 4.69) is 49.4 Å². The van der Waals surface area contributed by atoms with Crippen LogP contribution in [0.3, 0.4) is 0 Å². The summed E-state index contributed by atoms with van der Waals surface area (Å²) in [6, 6.07) is 14.6. The molecule has 1 aromatic carbocycles. The van der Waals surface area contributed by atoms with Crippen LogP contribution < -0.4 is 11.1 Å². The van der Waals surface area contributed by atoms with Gasteiger partial charge in [-0.15, -0.1) is 0 Å². The van der Waals surface area contributed by atoms with Crippen LogP contribution in [-0.2, 0) is 11.3 Å². The fourth-order valence-corrected chi connectivity index (χ4v) is 5.13. The van der Waals surface area contributed by atoms with Crippen LogP contribution in [0.1, 0.15) is 45.1 Å². The van der Waals surface area contributed by atoms with E-state index in [4.69, 9.17) is 5.73 Å². The SMILES string of the molecule is CC.Nc1cc(CN2CCC(C(=O)N3CCC(Nc4cccc5cccnc45)CC3)CC2)ccn1. The van der Waals surface area contributed by atoms with Gasteiger partial charge < -0.3 is 16.0 Å². The molecule has 2 aliphatic rings. The predicted octanol–water partition coefficient (Wildman–Crippen LogP) is 4.55. The lowest BCUT2D eigenvalue weighted by molar-refractivity contribution is -0.138. The molecule has 1 amide bonds. The number of nitrogens with one attached hydrogen (secondary N) is 1. The number of nitrogens with zero attached hydrogens (tertiary/aromatic N) is 4. The smallest absolute Gasteiger partial charge is 0.225 e. The van der Waals surface area contributed by atoms with Gasteiger partial charge in [0.15, 0.2) is 0 Å². The highest BCUT2D eigenvalue weighted by atomic mass is 16.2. The second-order valence-electron chi connectivity index (χ2n) is 9.26. The molecule has 3 aromatic rings. The van der Waals surface area contributed by atoms with Gasteiger partial charge in [-0.2, -0.15) is 0 Å². The van der Waals surface area contributed by atoms with Crippen LogP contribution >= 0.6 is 0 Å². The molecule has 186 valence electrons. The number of para-hydroxylation sites is 1. The number of aromatic nitrogens is 2. The number of hydrogen-bond donors (Lipinski definition) is 2. The molecular weight excluding hydrogens is 436 g/mol. The molecular formula is C28H38N6O. The molecule has 0 atom stereocenters. The van der Waals surface area contributed by atoms with Crippen molar-refractivity contribution in [3.8, 4) is 0 Å². The standard InChI is InChI=1S/C26H32N6O.C2H6/c27-24-17-19(6-12-28-24)18-31-13-7-21(8-14-31)26(33)32-15-9-22(10-16-32)30-23-5-1-3-20-4-2-11-29-25(20)23;1-2/h1-6,11-12,17,21-22,30H,7-10,13-16,18H2,(H2,27,28);1-2H3. The number of piperidine rings is 2. The van der Waals surface area contributed by atoms with Crippen LogP contribution in [0, 0.1) is 5.92 Å². The Labute approximate surface area is 208 Å². The molecule has 7 nitrogen and oxygen atoms in total. The number of likely N-dealkylation sites (tertiary alicyclic amines) is 2. The Bertz CT molecular complexity index is 1100. The van der Waals surface area contributed by atoms with Crippen molar-refractivity contribution in [2.75, 3.05) is 37.2 Å². The van der Waals surface area contributed by atoms with Crippen LogP contribution in [0.2, 0.25) is 0 Å². The first-order valence-corrected chi connectivity index (χ1v) is 13.0. The van der Waals surface area contributed by atoms with Crippen molar-refractivity contribution >= 4 is 28.3 Å². The van der Waals surface area contributed by atoms with Gasteiger partial charge in [0, 0.05) is 49.4 Å². The summed E-state index contributed by atoms with van der Waals surface area (Å²) in [6.07, 6.45) is 7.40. The number of pyridine rings is 2. The van der Waals surface area contributed by atoms with E-state index in [-0.39, 0.29) is 5.92 Å². The Hall–Kier alpha value is -3.19. The van der Waals surface area contributed by atoms with Crippen LogP contribution in [0.5, 0.6) is 0 Å². The highest BCUT2D eigenvalue weighted by molar-refractivity contribution is 5.90. The summed E-state index contributed by atoms with van der Waals surface area (Å²) in [5, 5.41) is 4.82. The van der Waals surface area contributed by atoms with E-state index in [0.29, 0.717) is 17.8 Å². The number of nitrogens with two attached hydrogens (primary N) is 1. The zero-order valence-corrected chi connectivity index (χ0v) is 21.0.